The lowest BCUT2D eigenvalue weighted by molar-refractivity contribution is 0.422. The summed E-state index contributed by atoms with van der Waals surface area (Å²) in [6, 6.07) is 6.69. The van der Waals surface area contributed by atoms with Crippen molar-refractivity contribution < 1.29 is 4.39 Å². The molecular weight excluding hydrogens is 203 g/mol. The van der Waals surface area contributed by atoms with Gasteiger partial charge in [0.2, 0.25) is 0 Å². The van der Waals surface area contributed by atoms with Gasteiger partial charge in [0, 0.05) is 18.3 Å². The van der Waals surface area contributed by atoms with Crippen molar-refractivity contribution in [3.63, 3.8) is 0 Å². The molecule has 0 bridgehead atoms. The molecule has 0 saturated heterocycles. The minimum Gasteiger partial charge on any atom is -0.381 e. The molecule has 2 nitrogen and oxygen atoms in total. The van der Waals surface area contributed by atoms with E-state index in [9.17, 15) is 4.39 Å². The van der Waals surface area contributed by atoms with Crippen LogP contribution >= 0.6 is 0 Å². The second kappa shape index (κ2) is 6.48. The molecule has 1 rings (SSSR count). The van der Waals surface area contributed by atoms with Crippen LogP contribution in [0.3, 0.4) is 0 Å². The van der Waals surface area contributed by atoms with E-state index in [0.29, 0.717) is 12.5 Å². The van der Waals surface area contributed by atoms with E-state index < -0.39 is 0 Å². The maximum absolute atomic E-state index is 12.7. The molecular formula is C13H21FN2. The maximum atomic E-state index is 12.7. The smallest absolute Gasteiger partial charge is 0.123 e. The Morgan fingerprint density at radius 3 is 2.19 bits per heavy atom. The van der Waals surface area contributed by atoms with Crippen LogP contribution in [0.2, 0.25) is 0 Å². The van der Waals surface area contributed by atoms with Gasteiger partial charge in [-0.1, -0.05) is 26.7 Å². The number of hydrogen-bond donors (Lipinski definition) is 2. The minimum atomic E-state index is -0.211. The van der Waals surface area contributed by atoms with E-state index in [4.69, 9.17) is 5.73 Å². The predicted octanol–water partition coefficient (Wildman–Crippen LogP) is 3.00. The number of anilines is 1. The van der Waals surface area contributed by atoms with Gasteiger partial charge in [0.25, 0.3) is 0 Å². The maximum Gasteiger partial charge on any atom is 0.123 e. The normalized spacial score (nSPS) is 12.8. The standard InChI is InChI=1S/C13H21FN2/c1-3-10(4-2)13(9-15)16-12-7-5-11(14)6-8-12/h5-8,10,13,16H,3-4,9,15H2,1-2H3. The van der Waals surface area contributed by atoms with Gasteiger partial charge in [-0.15, -0.1) is 0 Å². The molecule has 0 heterocycles. The van der Waals surface area contributed by atoms with Crippen LogP contribution < -0.4 is 11.1 Å². The quantitative estimate of drug-likeness (QED) is 0.779. The Bertz CT molecular complexity index is 293. The lowest BCUT2D eigenvalue weighted by atomic mass is 9.94. The van der Waals surface area contributed by atoms with Crippen molar-refractivity contribution in [2.45, 2.75) is 32.7 Å². The molecule has 16 heavy (non-hydrogen) atoms. The van der Waals surface area contributed by atoms with Gasteiger partial charge < -0.3 is 11.1 Å². The zero-order chi connectivity index (χ0) is 12.0. The first-order valence-corrected chi connectivity index (χ1v) is 5.93. The first kappa shape index (κ1) is 13.0. The molecule has 0 aliphatic heterocycles. The van der Waals surface area contributed by atoms with Gasteiger partial charge in [-0.25, -0.2) is 4.39 Å². The molecule has 0 spiro atoms. The molecule has 3 heteroatoms. The molecule has 1 aromatic rings. The van der Waals surface area contributed by atoms with Gasteiger partial charge in [0.1, 0.15) is 5.82 Å². The van der Waals surface area contributed by atoms with Gasteiger partial charge >= 0.3 is 0 Å². The number of hydrogen-bond acceptors (Lipinski definition) is 2. The summed E-state index contributed by atoms with van der Waals surface area (Å²) >= 11 is 0. The highest BCUT2D eigenvalue weighted by molar-refractivity contribution is 5.44. The monoisotopic (exact) mass is 224 g/mol. The molecule has 0 saturated carbocycles. The number of nitrogens with one attached hydrogen (secondary N) is 1. The van der Waals surface area contributed by atoms with Crippen LogP contribution in [0.25, 0.3) is 0 Å². The van der Waals surface area contributed by atoms with Crippen molar-refractivity contribution in [3.05, 3.63) is 30.1 Å². The zero-order valence-electron chi connectivity index (χ0n) is 10.0. The third kappa shape index (κ3) is 3.49. The number of benzene rings is 1. The van der Waals surface area contributed by atoms with Crippen LogP contribution in [0.15, 0.2) is 24.3 Å². The Morgan fingerprint density at radius 2 is 1.75 bits per heavy atom. The third-order valence-corrected chi connectivity index (χ3v) is 3.07. The highest BCUT2D eigenvalue weighted by atomic mass is 19.1. The summed E-state index contributed by atoms with van der Waals surface area (Å²) in [5.41, 5.74) is 6.70. The van der Waals surface area contributed by atoms with Crippen molar-refractivity contribution in [1.82, 2.24) is 0 Å². The predicted molar refractivity (Wildman–Crippen MR) is 66.9 cm³/mol. The first-order valence-electron chi connectivity index (χ1n) is 5.93. The minimum absolute atomic E-state index is 0.211. The molecule has 90 valence electrons. The lowest BCUT2D eigenvalue weighted by Crippen LogP contribution is -2.35. The van der Waals surface area contributed by atoms with E-state index in [1.807, 2.05) is 0 Å². The van der Waals surface area contributed by atoms with Crippen molar-refractivity contribution in [2.75, 3.05) is 11.9 Å². The van der Waals surface area contributed by atoms with E-state index >= 15 is 0 Å². The molecule has 0 fully saturated rings. The number of nitrogens with two attached hydrogens (primary N) is 1. The molecule has 0 aliphatic rings. The number of rotatable bonds is 6. The summed E-state index contributed by atoms with van der Waals surface area (Å²) in [6.07, 6.45) is 2.21. The van der Waals surface area contributed by atoms with E-state index in [2.05, 4.69) is 19.2 Å². The Morgan fingerprint density at radius 1 is 1.19 bits per heavy atom. The van der Waals surface area contributed by atoms with Crippen LogP contribution in [0.1, 0.15) is 26.7 Å². The average molecular weight is 224 g/mol. The Balaban J connectivity index is 2.65. The van der Waals surface area contributed by atoms with Crippen LogP contribution in [0, 0.1) is 11.7 Å². The van der Waals surface area contributed by atoms with Crippen LogP contribution in [0.5, 0.6) is 0 Å². The molecule has 0 aromatic heterocycles. The summed E-state index contributed by atoms with van der Waals surface area (Å²) in [5, 5.41) is 3.37. The van der Waals surface area contributed by atoms with Gasteiger partial charge in [-0.2, -0.15) is 0 Å². The van der Waals surface area contributed by atoms with Crippen molar-refractivity contribution in [1.29, 1.82) is 0 Å². The van der Waals surface area contributed by atoms with E-state index in [1.54, 1.807) is 12.1 Å². The van der Waals surface area contributed by atoms with Gasteiger partial charge in [0.05, 0.1) is 0 Å². The van der Waals surface area contributed by atoms with E-state index in [-0.39, 0.29) is 11.9 Å². The highest BCUT2D eigenvalue weighted by Gasteiger charge is 2.16. The van der Waals surface area contributed by atoms with Crippen molar-refractivity contribution >= 4 is 5.69 Å². The van der Waals surface area contributed by atoms with Crippen LogP contribution in [-0.4, -0.2) is 12.6 Å². The number of halogens is 1. The Kier molecular flexibility index (Phi) is 5.26. The summed E-state index contributed by atoms with van der Waals surface area (Å²) in [7, 11) is 0. The second-order valence-corrected chi connectivity index (χ2v) is 4.07. The lowest BCUT2D eigenvalue weighted by Gasteiger charge is -2.26. The Labute approximate surface area is 97.0 Å². The molecule has 0 radical (unpaired) electrons. The molecule has 0 amide bonds. The topological polar surface area (TPSA) is 38.0 Å². The van der Waals surface area contributed by atoms with E-state index in [1.165, 1.54) is 12.1 Å². The van der Waals surface area contributed by atoms with Gasteiger partial charge in [0.15, 0.2) is 0 Å². The molecule has 1 unspecified atom stereocenters. The summed E-state index contributed by atoms with van der Waals surface area (Å²) in [5.74, 6) is 0.354. The molecule has 1 aromatic carbocycles. The fourth-order valence-corrected chi connectivity index (χ4v) is 1.99. The fraction of sp³-hybridized carbons (Fsp3) is 0.538. The third-order valence-electron chi connectivity index (χ3n) is 3.07. The second-order valence-electron chi connectivity index (χ2n) is 4.07. The summed E-state index contributed by atoms with van der Waals surface area (Å²) < 4.78 is 12.7. The zero-order valence-corrected chi connectivity index (χ0v) is 10.0. The average Bonchev–Trinajstić information content (AvgIpc) is 2.32. The van der Waals surface area contributed by atoms with Crippen LogP contribution in [-0.2, 0) is 0 Å². The van der Waals surface area contributed by atoms with Gasteiger partial charge in [-0.05, 0) is 30.2 Å². The van der Waals surface area contributed by atoms with Crippen LogP contribution in [0.4, 0.5) is 10.1 Å². The van der Waals surface area contributed by atoms with Gasteiger partial charge in [-0.3, -0.25) is 0 Å². The van der Waals surface area contributed by atoms with Crippen molar-refractivity contribution in [3.8, 4) is 0 Å². The highest BCUT2D eigenvalue weighted by Crippen LogP contribution is 2.18. The first-order chi connectivity index (χ1) is 7.71. The van der Waals surface area contributed by atoms with E-state index in [0.717, 1.165) is 18.5 Å². The summed E-state index contributed by atoms with van der Waals surface area (Å²) in [4.78, 5) is 0. The van der Waals surface area contributed by atoms with Crippen molar-refractivity contribution in [2.24, 2.45) is 11.7 Å². The molecule has 3 N–H and O–H groups in total. The SMILES string of the molecule is CCC(CC)C(CN)Nc1ccc(F)cc1. The largest absolute Gasteiger partial charge is 0.381 e. The molecule has 1 atom stereocenters. The summed E-state index contributed by atoms with van der Waals surface area (Å²) in [6.45, 7) is 4.94. The molecule has 0 aliphatic carbocycles. The Hall–Kier alpha value is -1.09. The fourth-order valence-electron chi connectivity index (χ4n) is 1.99.